The van der Waals surface area contributed by atoms with Gasteiger partial charge in [-0.25, -0.2) is 0 Å². The summed E-state index contributed by atoms with van der Waals surface area (Å²) in [6.07, 6.45) is 0.889. The minimum absolute atomic E-state index is 0.191. The maximum Gasteiger partial charge on any atom is 0.293 e. The van der Waals surface area contributed by atoms with Gasteiger partial charge in [-0.3, -0.25) is 9.69 Å². The second-order valence-corrected chi connectivity index (χ2v) is 8.78. The van der Waals surface area contributed by atoms with E-state index in [0.717, 1.165) is 44.1 Å². The van der Waals surface area contributed by atoms with Crippen molar-refractivity contribution in [1.29, 1.82) is 0 Å². The molecule has 1 fully saturated rings. The fourth-order valence-corrected chi connectivity index (χ4v) is 5.05. The van der Waals surface area contributed by atoms with E-state index in [9.17, 15) is 4.79 Å². The van der Waals surface area contributed by atoms with Gasteiger partial charge in [0.1, 0.15) is 5.82 Å². The van der Waals surface area contributed by atoms with Crippen molar-refractivity contribution in [3.05, 3.63) is 76.9 Å². The number of carbonyl (C=O) groups is 1. The maximum atomic E-state index is 12.8. The fraction of sp³-hybridized carbons (Fsp3) is 0.375. The number of likely N-dealkylation sites (tertiary alicyclic amines) is 1. The number of benzene rings is 2. The van der Waals surface area contributed by atoms with Crippen LogP contribution in [-0.4, -0.2) is 38.7 Å². The highest BCUT2D eigenvalue weighted by molar-refractivity contribution is 6.01. The van der Waals surface area contributed by atoms with Crippen LogP contribution in [0, 0.1) is 25.7 Å². The minimum Gasteiger partial charge on any atom is -0.319 e. The van der Waals surface area contributed by atoms with Gasteiger partial charge in [0.15, 0.2) is 0 Å². The lowest BCUT2D eigenvalue weighted by atomic mass is 9.89. The molecule has 2 atom stereocenters. The zero-order chi connectivity index (χ0) is 20.7. The number of rotatable bonds is 4. The number of nitrogens with zero attached hydrogens (tertiary/aromatic N) is 4. The van der Waals surface area contributed by atoms with Crippen molar-refractivity contribution in [3.8, 4) is 0 Å². The largest absolute Gasteiger partial charge is 0.319 e. The number of para-hydroxylation sites is 1. The number of anilines is 1. The van der Waals surface area contributed by atoms with E-state index in [2.05, 4.69) is 52.5 Å². The lowest BCUT2D eigenvalue weighted by Gasteiger charge is -2.25. The predicted molar refractivity (Wildman–Crippen MR) is 116 cm³/mol. The highest BCUT2D eigenvalue weighted by atomic mass is 16.2. The topological polar surface area (TPSA) is 63.1 Å². The van der Waals surface area contributed by atoms with Crippen molar-refractivity contribution in [1.82, 2.24) is 19.7 Å². The third-order valence-corrected chi connectivity index (χ3v) is 6.26. The van der Waals surface area contributed by atoms with Crippen LogP contribution in [0.3, 0.4) is 0 Å². The molecule has 1 saturated heterocycles. The van der Waals surface area contributed by atoms with E-state index >= 15 is 0 Å². The average Bonchev–Trinajstić information content (AvgIpc) is 3.28. The second kappa shape index (κ2) is 7.69. The molecule has 0 saturated carbocycles. The molecule has 0 aliphatic carbocycles. The van der Waals surface area contributed by atoms with Crippen LogP contribution in [0.4, 0.5) is 5.69 Å². The molecule has 3 heterocycles. The monoisotopic (exact) mass is 401 g/mol. The van der Waals surface area contributed by atoms with Crippen molar-refractivity contribution in [2.45, 2.75) is 33.4 Å². The smallest absolute Gasteiger partial charge is 0.293 e. The Morgan fingerprint density at radius 1 is 1.00 bits per heavy atom. The number of hydrogen-bond donors (Lipinski definition) is 1. The third kappa shape index (κ3) is 3.75. The molecule has 30 heavy (non-hydrogen) atoms. The molecule has 3 aromatic rings. The first-order chi connectivity index (χ1) is 14.5. The first-order valence-electron chi connectivity index (χ1n) is 10.6. The highest BCUT2D eigenvalue weighted by Gasteiger charge is 2.39. The average molecular weight is 402 g/mol. The number of aromatic nitrogens is 3. The summed E-state index contributed by atoms with van der Waals surface area (Å²) in [5.74, 6) is 2.27. The molecule has 0 radical (unpaired) electrons. The van der Waals surface area contributed by atoms with Crippen LogP contribution in [0.1, 0.15) is 33.1 Å². The number of aryl methyl sites for hydroxylation is 2. The van der Waals surface area contributed by atoms with Crippen LogP contribution in [0.15, 0.2) is 48.5 Å². The first-order valence-corrected chi connectivity index (χ1v) is 10.6. The summed E-state index contributed by atoms with van der Waals surface area (Å²) < 4.78 is 2.03. The Balaban J connectivity index is 1.28. The van der Waals surface area contributed by atoms with E-state index < -0.39 is 0 Å². The van der Waals surface area contributed by atoms with Gasteiger partial charge in [0.25, 0.3) is 5.91 Å². The highest BCUT2D eigenvalue weighted by Crippen LogP contribution is 2.33. The standard InChI is InChI=1S/C24H27N5O/c1-16-8-17(2)10-18(9-16)12-28-13-19-11-22-26-27-23(29(22)15-20(19)14-28)24(30)25-21-6-4-3-5-7-21/h3-10,19-20H,11-15H2,1-2H3,(H,25,30). The Morgan fingerprint density at radius 3 is 2.50 bits per heavy atom. The number of carbonyl (C=O) groups excluding carboxylic acids is 1. The SMILES string of the molecule is Cc1cc(C)cc(CN2CC3Cc4nnc(C(=O)Nc5ccccc5)n4CC3C2)c1. The van der Waals surface area contributed by atoms with Gasteiger partial charge in [-0.1, -0.05) is 47.5 Å². The van der Waals surface area contributed by atoms with Gasteiger partial charge in [-0.15, -0.1) is 10.2 Å². The molecular formula is C24H27N5O. The third-order valence-electron chi connectivity index (χ3n) is 6.26. The zero-order valence-electron chi connectivity index (χ0n) is 17.5. The number of nitrogens with one attached hydrogen (secondary N) is 1. The molecule has 2 aliphatic heterocycles. The minimum atomic E-state index is -0.191. The normalized spacial score (nSPS) is 20.6. The fourth-order valence-electron chi connectivity index (χ4n) is 5.05. The van der Waals surface area contributed by atoms with Crippen LogP contribution in [0.2, 0.25) is 0 Å². The predicted octanol–water partition coefficient (Wildman–Crippen LogP) is 3.45. The number of fused-ring (bicyclic) bond motifs is 2. The molecule has 0 bridgehead atoms. The van der Waals surface area contributed by atoms with E-state index in [1.54, 1.807) is 0 Å². The Bertz CT molecular complexity index is 1050. The lowest BCUT2D eigenvalue weighted by Crippen LogP contribution is -2.31. The van der Waals surface area contributed by atoms with Gasteiger partial charge in [0.2, 0.25) is 5.82 Å². The Kier molecular flexibility index (Phi) is 4.87. The van der Waals surface area contributed by atoms with Crippen molar-refractivity contribution < 1.29 is 4.79 Å². The molecular weight excluding hydrogens is 374 g/mol. The molecule has 1 aromatic heterocycles. The van der Waals surface area contributed by atoms with Crippen molar-refractivity contribution in [2.24, 2.45) is 11.8 Å². The first kappa shape index (κ1) is 19.0. The number of hydrogen-bond acceptors (Lipinski definition) is 4. The molecule has 154 valence electrons. The number of amides is 1. The van der Waals surface area contributed by atoms with Crippen molar-refractivity contribution >= 4 is 11.6 Å². The van der Waals surface area contributed by atoms with Gasteiger partial charge < -0.3 is 9.88 Å². The van der Waals surface area contributed by atoms with Crippen LogP contribution in [0.25, 0.3) is 0 Å². The zero-order valence-corrected chi connectivity index (χ0v) is 17.5. The summed E-state index contributed by atoms with van der Waals surface area (Å²) in [6.45, 7) is 8.25. The summed E-state index contributed by atoms with van der Waals surface area (Å²) in [6, 6.07) is 16.3. The Morgan fingerprint density at radius 2 is 1.73 bits per heavy atom. The summed E-state index contributed by atoms with van der Waals surface area (Å²) in [4.78, 5) is 15.3. The van der Waals surface area contributed by atoms with E-state index in [1.807, 2.05) is 34.9 Å². The molecule has 5 rings (SSSR count). The van der Waals surface area contributed by atoms with Crippen LogP contribution in [-0.2, 0) is 19.5 Å². The van der Waals surface area contributed by atoms with Gasteiger partial charge in [0, 0.05) is 38.3 Å². The molecule has 2 aliphatic rings. The Hall–Kier alpha value is -2.99. The van der Waals surface area contributed by atoms with Crippen LogP contribution < -0.4 is 5.32 Å². The molecule has 0 spiro atoms. The van der Waals surface area contributed by atoms with E-state index in [-0.39, 0.29) is 5.91 Å². The molecule has 1 N–H and O–H groups in total. The van der Waals surface area contributed by atoms with E-state index in [0.29, 0.717) is 17.7 Å². The summed E-state index contributed by atoms with van der Waals surface area (Å²) >= 11 is 0. The molecule has 2 aromatic carbocycles. The van der Waals surface area contributed by atoms with Crippen LogP contribution >= 0.6 is 0 Å². The Labute approximate surface area is 176 Å². The summed E-state index contributed by atoms with van der Waals surface area (Å²) in [7, 11) is 0. The second-order valence-electron chi connectivity index (χ2n) is 8.78. The van der Waals surface area contributed by atoms with Gasteiger partial charge in [0.05, 0.1) is 0 Å². The van der Waals surface area contributed by atoms with Crippen molar-refractivity contribution in [3.63, 3.8) is 0 Å². The lowest BCUT2D eigenvalue weighted by molar-refractivity contribution is 0.100. The van der Waals surface area contributed by atoms with Gasteiger partial charge in [-0.05, 0) is 43.4 Å². The van der Waals surface area contributed by atoms with Crippen LogP contribution in [0.5, 0.6) is 0 Å². The molecule has 6 nitrogen and oxygen atoms in total. The summed E-state index contributed by atoms with van der Waals surface area (Å²) in [5, 5.41) is 11.5. The van der Waals surface area contributed by atoms with Gasteiger partial charge in [-0.2, -0.15) is 0 Å². The quantitative estimate of drug-likeness (QED) is 0.727. The molecule has 1 amide bonds. The van der Waals surface area contributed by atoms with E-state index in [4.69, 9.17) is 0 Å². The van der Waals surface area contributed by atoms with Gasteiger partial charge >= 0.3 is 0 Å². The molecule has 6 heteroatoms. The molecule has 2 unspecified atom stereocenters. The van der Waals surface area contributed by atoms with Crippen molar-refractivity contribution in [2.75, 3.05) is 18.4 Å². The maximum absolute atomic E-state index is 12.8. The van der Waals surface area contributed by atoms with E-state index in [1.165, 1.54) is 16.7 Å². The summed E-state index contributed by atoms with van der Waals surface area (Å²) in [5.41, 5.74) is 4.80.